The fourth-order valence-electron chi connectivity index (χ4n) is 2.30. The molecule has 1 atom stereocenters. The van der Waals surface area contributed by atoms with E-state index in [1.807, 2.05) is 6.92 Å². The zero-order valence-electron chi connectivity index (χ0n) is 11.5. The van der Waals surface area contributed by atoms with Gasteiger partial charge in [0.2, 0.25) is 0 Å². The van der Waals surface area contributed by atoms with Gasteiger partial charge in [-0.3, -0.25) is 0 Å². The Morgan fingerprint density at radius 3 is 2.35 bits per heavy atom. The van der Waals surface area contributed by atoms with E-state index < -0.39 is 0 Å². The molecule has 0 N–H and O–H groups in total. The largest absolute Gasteiger partial charge is 0.198 e. The zero-order valence-corrected chi connectivity index (χ0v) is 13.0. The SMILES string of the molecule is Cc1ccc(C)c(CC(C#N)c2c(Cl)cccc2Cl)c1. The summed E-state index contributed by atoms with van der Waals surface area (Å²) < 4.78 is 0. The maximum Gasteiger partial charge on any atom is 0.0782 e. The third-order valence-corrected chi connectivity index (χ3v) is 4.09. The molecule has 0 fully saturated rings. The number of hydrogen-bond donors (Lipinski definition) is 0. The van der Waals surface area contributed by atoms with Crippen LogP contribution in [0.4, 0.5) is 0 Å². The van der Waals surface area contributed by atoms with E-state index in [1.54, 1.807) is 18.2 Å². The fourth-order valence-corrected chi connectivity index (χ4v) is 2.96. The highest BCUT2D eigenvalue weighted by Crippen LogP contribution is 2.33. The van der Waals surface area contributed by atoms with Crippen LogP contribution in [-0.4, -0.2) is 0 Å². The van der Waals surface area contributed by atoms with Crippen LogP contribution in [0.25, 0.3) is 0 Å². The molecule has 2 rings (SSSR count). The minimum absolute atomic E-state index is 0.336. The first-order chi connectivity index (χ1) is 9.52. The Labute approximate surface area is 129 Å². The van der Waals surface area contributed by atoms with E-state index in [0.29, 0.717) is 16.5 Å². The quantitative estimate of drug-likeness (QED) is 0.738. The highest BCUT2D eigenvalue weighted by molar-refractivity contribution is 6.36. The average Bonchev–Trinajstić information content (AvgIpc) is 2.41. The van der Waals surface area contributed by atoms with Gasteiger partial charge in [0.25, 0.3) is 0 Å². The van der Waals surface area contributed by atoms with Crippen molar-refractivity contribution in [1.29, 1.82) is 5.26 Å². The molecule has 0 spiro atoms. The van der Waals surface area contributed by atoms with Crippen molar-refractivity contribution in [2.45, 2.75) is 26.2 Å². The van der Waals surface area contributed by atoms with Gasteiger partial charge in [-0.05, 0) is 43.5 Å². The third kappa shape index (κ3) is 3.15. The lowest BCUT2D eigenvalue weighted by atomic mass is 9.90. The lowest BCUT2D eigenvalue weighted by molar-refractivity contribution is 0.842. The molecule has 0 bridgehead atoms. The fraction of sp³-hybridized carbons (Fsp3) is 0.235. The van der Waals surface area contributed by atoms with E-state index in [1.165, 1.54) is 11.1 Å². The second-order valence-electron chi connectivity index (χ2n) is 4.95. The number of halogens is 2. The molecule has 102 valence electrons. The lowest BCUT2D eigenvalue weighted by Crippen LogP contribution is -2.04. The van der Waals surface area contributed by atoms with E-state index in [-0.39, 0.29) is 5.92 Å². The Morgan fingerprint density at radius 2 is 1.75 bits per heavy atom. The van der Waals surface area contributed by atoms with Crippen molar-refractivity contribution in [2.75, 3.05) is 0 Å². The average molecular weight is 304 g/mol. The second-order valence-corrected chi connectivity index (χ2v) is 5.77. The Kier molecular flexibility index (Phi) is 4.70. The summed E-state index contributed by atoms with van der Waals surface area (Å²) in [7, 11) is 0. The highest BCUT2D eigenvalue weighted by Gasteiger charge is 2.19. The lowest BCUT2D eigenvalue weighted by Gasteiger charge is -2.15. The molecule has 3 heteroatoms. The Bertz CT molecular complexity index is 651. The summed E-state index contributed by atoms with van der Waals surface area (Å²) in [6, 6.07) is 13.9. The van der Waals surface area contributed by atoms with Crippen molar-refractivity contribution >= 4 is 23.2 Å². The van der Waals surface area contributed by atoms with Gasteiger partial charge in [0.15, 0.2) is 0 Å². The molecule has 1 nitrogen and oxygen atoms in total. The molecule has 0 aromatic heterocycles. The normalized spacial score (nSPS) is 11.9. The van der Waals surface area contributed by atoms with Gasteiger partial charge in [0, 0.05) is 15.6 Å². The molecule has 0 aliphatic rings. The third-order valence-electron chi connectivity index (χ3n) is 3.43. The molecule has 0 aliphatic carbocycles. The van der Waals surface area contributed by atoms with Gasteiger partial charge in [-0.15, -0.1) is 0 Å². The van der Waals surface area contributed by atoms with Gasteiger partial charge in [0.05, 0.1) is 12.0 Å². The molecule has 0 radical (unpaired) electrons. The molecule has 0 heterocycles. The molecular formula is C17H15Cl2N. The molecule has 0 saturated carbocycles. The summed E-state index contributed by atoms with van der Waals surface area (Å²) in [5.41, 5.74) is 4.25. The molecule has 0 aliphatic heterocycles. The standard InChI is InChI=1S/C17H15Cl2N/c1-11-6-7-12(2)13(8-11)9-14(10-20)17-15(18)4-3-5-16(17)19/h3-8,14H,9H2,1-2H3. The highest BCUT2D eigenvalue weighted by atomic mass is 35.5. The molecular weight excluding hydrogens is 289 g/mol. The smallest absolute Gasteiger partial charge is 0.0782 e. The number of benzene rings is 2. The van der Waals surface area contributed by atoms with Crippen LogP contribution >= 0.6 is 23.2 Å². The van der Waals surface area contributed by atoms with Crippen molar-refractivity contribution in [2.24, 2.45) is 0 Å². The van der Waals surface area contributed by atoms with Gasteiger partial charge in [-0.1, -0.05) is 53.0 Å². The summed E-state index contributed by atoms with van der Waals surface area (Å²) in [5, 5.41) is 10.6. The van der Waals surface area contributed by atoms with Crippen LogP contribution in [0.5, 0.6) is 0 Å². The van der Waals surface area contributed by atoms with Crippen LogP contribution in [0.15, 0.2) is 36.4 Å². The minimum atomic E-state index is -0.336. The van der Waals surface area contributed by atoms with Crippen LogP contribution in [0, 0.1) is 25.2 Å². The van der Waals surface area contributed by atoms with Gasteiger partial charge >= 0.3 is 0 Å². The van der Waals surface area contributed by atoms with Crippen LogP contribution in [-0.2, 0) is 6.42 Å². The molecule has 2 aromatic rings. The number of nitrogens with zero attached hydrogens (tertiary/aromatic N) is 1. The maximum atomic E-state index is 9.48. The van der Waals surface area contributed by atoms with Crippen molar-refractivity contribution in [1.82, 2.24) is 0 Å². The summed E-state index contributed by atoms with van der Waals surface area (Å²) in [5.74, 6) is -0.336. The molecule has 2 aromatic carbocycles. The summed E-state index contributed by atoms with van der Waals surface area (Å²) >= 11 is 12.4. The van der Waals surface area contributed by atoms with E-state index >= 15 is 0 Å². The number of nitriles is 1. The van der Waals surface area contributed by atoms with Crippen LogP contribution in [0.2, 0.25) is 10.0 Å². The molecule has 1 unspecified atom stereocenters. The second kappa shape index (κ2) is 6.31. The van der Waals surface area contributed by atoms with Crippen LogP contribution in [0.1, 0.15) is 28.2 Å². The molecule has 0 amide bonds. The zero-order chi connectivity index (χ0) is 14.7. The van der Waals surface area contributed by atoms with Crippen LogP contribution < -0.4 is 0 Å². The van der Waals surface area contributed by atoms with E-state index in [0.717, 1.165) is 11.1 Å². The van der Waals surface area contributed by atoms with Gasteiger partial charge in [-0.25, -0.2) is 0 Å². The van der Waals surface area contributed by atoms with Gasteiger partial charge < -0.3 is 0 Å². The predicted molar refractivity (Wildman–Crippen MR) is 84.4 cm³/mol. The Morgan fingerprint density at radius 1 is 1.10 bits per heavy atom. The summed E-state index contributed by atoms with van der Waals surface area (Å²) in [6.07, 6.45) is 0.619. The Hall–Kier alpha value is -1.49. The van der Waals surface area contributed by atoms with E-state index in [4.69, 9.17) is 23.2 Å². The summed E-state index contributed by atoms with van der Waals surface area (Å²) in [4.78, 5) is 0. The van der Waals surface area contributed by atoms with E-state index in [2.05, 4.69) is 31.2 Å². The topological polar surface area (TPSA) is 23.8 Å². The van der Waals surface area contributed by atoms with Gasteiger partial charge in [-0.2, -0.15) is 5.26 Å². The van der Waals surface area contributed by atoms with Crippen molar-refractivity contribution in [3.8, 4) is 6.07 Å². The van der Waals surface area contributed by atoms with E-state index in [9.17, 15) is 5.26 Å². The maximum absolute atomic E-state index is 9.48. The first kappa shape index (κ1) is 14.9. The van der Waals surface area contributed by atoms with Gasteiger partial charge in [0.1, 0.15) is 0 Å². The summed E-state index contributed by atoms with van der Waals surface area (Å²) in [6.45, 7) is 4.10. The first-order valence-corrected chi connectivity index (χ1v) is 7.18. The van der Waals surface area contributed by atoms with Crippen LogP contribution in [0.3, 0.4) is 0 Å². The molecule has 0 saturated heterocycles. The predicted octanol–water partition coefficient (Wildman–Crippen LogP) is 5.46. The van der Waals surface area contributed by atoms with Crippen molar-refractivity contribution < 1.29 is 0 Å². The monoisotopic (exact) mass is 303 g/mol. The van der Waals surface area contributed by atoms with Crippen molar-refractivity contribution in [3.63, 3.8) is 0 Å². The number of aryl methyl sites for hydroxylation is 2. The number of hydrogen-bond acceptors (Lipinski definition) is 1. The van der Waals surface area contributed by atoms with Crippen molar-refractivity contribution in [3.05, 3.63) is 68.7 Å². The first-order valence-electron chi connectivity index (χ1n) is 6.42. The Balaban J connectivity index is 2.40. The molecule has 20 heavy (non-hydrogen) atoms. The number of rotatable bonds is 3. The minimum Gasteiger partial charge on any atom is -0.198 e.